The number of Topliss-reactive ketones (excluding diaryl/α,β-unsaturated/α-hetero) is 2. The second kappa shape index (κ2) is 9.83. The molecule has 0 bridgehead atoms. The van der Waals surface area contributed by atoms with Gasteiger partial charge >= 0.3 is 5.97 Å². The van der Waals surface area contributed by atoms with Crippen LogP contribution in [-0.4, -0.2) is 55.8 Å². The summed E-state index contributed by atoms with van der Waals surface area (Å²) in [7, 11) is 3.92. The number of nitrogens with zero attached hydrogens (tertiary/aromatic N) is 1. The molecule has 0 fully saturated rings. The van der Waals surface area contributed by atoms with Crippen LogP contribution >= 0.6 is 11.6 Å². The van der Waals surface area contributed by atoms with E-state index in [2.05, 4.69) is 9.73 Å². The van der Waals surface area contributed by atoms with Crippen LogP contribution in [-0.2, 0) is 9.53 Å². The summed E-state index contributed by atoms with van der Waals surface area (Å²) in [5.41, 5.74) is -2.32. The molecule has 1 aliphatic carbocycles. The number of hydrogen-bond acceptors (Lipinski definition) is 11. The number of ketones is 2. The van der Waals surface area contributed by atoms with Gasteiger partial charge in [-0.3, -0.25) is 19.4 Å². The number of carbonyl (C=O) groups excluding carboxylic acids is 3. The van der Waals surface area contributed by atoms with Gasteiger partial charge in [0.05, 0.1) is 38.0 Å². The molecule has 40 heavy (non-hydrogen) atoms. The van der Waals surface area contributed by atoms with Crippen molar-refractivity contribution in [2.45, 2.75) is 18.9 Å². The average molecular weight is 568 g/mol. The maximum Gasteiger partial charge on any atom is 0.374 e. The van der Waals surface area contributed by atoms with E-state index in [0.717, 1.165) is 19.4 Å². The molecule has 2 atom stereocenters. The van der Waals surface area contributed by atoms with Crippen molar-refractivity contribution in [1.29, 1.82) is 0 Å². The van der Waals surface area contributed by atoms with E-state index in [4.69, 9.17) is 30.2 Å². The monoisotopic (exact) mass is 567 g/mol. The van der Waals surface area contributed by atoms with Gasteiger partial charge in [-0.25, -0.2) is 4.79 Å². The standard InChI is InChI=1S/C28H22ClNO10/c1-12-7-16(31)15(11-30-13-5-6-18-14(8-13)17(32)9-21(39-18)27(35)38-4)25(33)28(12)26(34)22-19(36-2)10-20(37-3)23(29)24(22)40-28/h5-6,8-12,33H,7H2,1-4H3/t12-,28+/m1/s1. The van der Waals surface area contributed by atoms with Crippen molar-refractivity contribution in [2.24, 2.45) is 10.9 Å². The number of esters is 1. The van der Waals surface area contributed by atoms with Crippen LogP contribution in [0.4, 0.5) is 5.69 Å². The lowest BCUT2D eigenvalue weighted by atomic mass is 9.73. The van der Waals surface area contributed by atoms with Crippen molar-refractivity contribution in [3.05, 3.63) is 68.2 Å². The highest BCUT2D eigenvalue weighted by molar-refractivity contribution is 6.35. The Morgan fingerprint density at radius 3 is 2.52 bits per heavy atom. The Morgan fingerprint density at radius 1 is 1.12 bits per heavy atom. The molecular weight excluding hydrogens is 546 g/mol. The first kappa shape index (κ1) is 26.9. The molecule has 12 heteroatoms. The van der Waals surface area contributed by atoms with Gasteiger partial charge in [0.25, 0.3) is 0 Å². The molecule has 1 spiro atoms. The van der Waals surface area contributed by atoms with Gasteiger partial charge in [0.1, 0.15) is 27.7 Å². The molecule has 2 heterocycles. The molecule has 2 aromatic carbocycles. The number of aliphatic hydroxyl groups is 1. The zero-order valence-corrected chi connectivity index (χ0v) is 22.5. The van der Waals surface area contributed by atoms with Crippen molar-refractivity contribution in [1.82, 2.24) is 0 Å². The number of rotatable bonds is 5. The fourth-order valence-corrected chi connectivity index (χ4v) is 5.14. The van der Waals surface area contributed by atoms with Crippen LogP contribution in [0.5, 0.6) is 17.2 Å². The van der Waals surface area contributed by atoms with Crippen LogP contribution in [0.15, 0.2) is 55.9 Å². The van der Waals surface area contributed by atoms with Crippen molar-refractivity contribution in [3.8, 4) is 17.2 Å². The third-order valence-corrected chi connectivity index (χ3v) is 7.31. The lowest BCUT2D eigenvalue weighted by Crippen LogP contribution is -2.52. The van der Waals surface area contributed by atoms with E-state index in [1.807, 2.05) is 0 Å². The van der Waals surface area contributed by atoms with Crippen LogP contribution in [0.25, 0.3) is 11.0 Å². The van der Waals surface area contributed by atoms with Crippen LogP contribution in [0.3, 0.4) is 0 Å². The Bertz CT molecular complexity index is 1740. The van der Waals surface area contributed by atoms with Gasteiger partial charge < -0.3 is 28.5 Å². The number of aliphatic hydroxyl groups excluding tert-OH is 1. The van der Waals surface area contributed by atoms with E-state index in [1.54, 1.807) is 6.92 Å². The Hall–Kier alpha value is -4.64. The predicted molar refractivity (Wildman–Crippen MR) is 143 cm³/mol. The summed E-state index contributed by atoms with van der Waals surface area (Å²) in [6.07, 6.45) is 0.968. The van der Waals surface area contributed by atoms with Crippen molar-refractivity contribution in [2.75, 3.05) is 21.3 Å². The van der Waals surface area contributed by atoms with E-state index in [1.165, 1.54) is 38.5 Å². The maximum atomic E-state index is 13.8. The van der Waals surface area contributed by atoms with E-state index in [-0.39, 0.29) is 62.2 Å². The van der Waals surface area contributed by atoms with Crippen molar-refractivity contribution < 1.29 is 42.9 Å². The number of ether oxygens (including phenoxy) is 4. The first-order valence-electron chi connectivity index (χ1n) is 11.9. The minimum atomic E-state index is -1.95. The predicted octanol–water partition coefficient (Wildman–Crippen LogP) is 4.39. The van der Waals surface area contributed by atoms with E-state index < -0.39 is 40.2 Å². The molecule has 1 aliphatic heterocycles. The summed E-state index contributed by atoms with van der Waals surface area (Å²) < 4.78 is 26.7. The number of halogens is 1. The zero-order chi connectivity index (χ0) is 28.9. The Labute approximate surface area is 231 Å². The Balaban J connectivity index is 1.58. The number of aliphatic imine (C=N–C) groups is 1. The van der Waals surface area contributed by atoms with Gasteiger partial charge in [-0.2, -0.15) is 0 Å². The molecule has 3 aromatic rings. The van der Waals surface area contributed by atoms with Gasteiger partial charge in [0.15, 0.2) is 22.7 Å². The Kier molecular flexibility index (Phi) is 6.62. The third kappa shape index (κ3) is 3.92. The highest BCUT2D eigenvalue weighted by Crippen LogP contribution is 2.54. The van der Waals surface area contributed by atoms with Crippen LogP contribution in [0.2, 0.25) is 5.02 Å². The molecule has 5 rings (SSSR count). The minimum Gasteiger partial charge on any atom is -0.507 e. The normalized spacial score (nSPS) is 20.3. The Morgan fingerprint density at radius 2 is 1.85 bits per heavy atom. The summed E-state index contributed by atoms with van der Waals surface area (Å²) in [6, 6.07) is 6.75. The molecule has 1 N–H and O–H groups in total. The summed E-state index contributed by atoms with van der Waals surface area (Å²) in [6.45, 7) is 1.61. The molecule has 0 unspecified atom stereocenters. The van der Waals surface area contributed by atoms with Gasteiger partial charge in [0, 0.05) is 30.7 Å². The van der Waals surface area contributed by atoms with Crippen LogP contribution < -0.4 is 19.6 Å². The van der Waals surface area contributed by atoms with E-state index in [0.29, 0.717) is 0 Å². The third-order valence-electron chi connectivity index (χ3n) is 6.95. The number of allylic oxidation sites excluding steroid dienone is 1. The fraction of sp³-hybridized carbons (Fsp3) is 0.250. The molecule has 206 valence electrons. The molecule has 0 saturated heterocycles. The molecule has 0 radical (unpaired) electrons. The SMILES string of the molecule is COC(=O)c1cc(=O)c2cc(N=CC3=C(O)[C@@]4(Oc5c(Cl)c(OC)cc(OC)c5C4=O)[C@H](C)CC3=O)ccc2o1. The first-order valence-corrected chi connectivity index (χ1v) is 12.3. The summed E-state index contributed by atoms with van der Waals surface area (Å²) >= 11 is 6.44. The molecule has 11 nitrogen and oxygen atoms in total. The second-order valence-electron chi connectivity index (χ2n) is 9.16. The molecule has 0 saturated carbocycles. The highest BCUT2D eigenvalue weighted by Gasteiger charge is 2.60. The molecule has 2 aliphatic rings. The summed E-state index contributed by atoms with van der Waals surface area (Å²) in [4.78, 5) is 55.3. The molecule has 1 aromatic heterocycles. The number of benzene rings is 2. The maximum absolute atomic E-state index is 13.8. The van der Waals surface area contributed by atoms with Crippen LogP contribution in [0.1, 0.15) is 34.3 Å². The number of methoxy groups -OCH3 is 3. The number of hydrogen-bond donors (Lipinski definition) is 1. The van der Waals surface area contributed by atoms with Crippen molar-refractivity contribution >= 4 is 52.0 Å². The quantitative estimate of drug-likeness (QED) is 0.347. The van der Waals surface area contributed by atoms with E-state index in [9.17, 15) is 24.3 Å². The van der Waals surface area contributed by atoms with Gasteiger partial charge in [0.2, 0.25) is 17.1 Å². The van der Waals surface area contributed by atoms with Gasteiger partial charge in [-0.05, 0) is 18.2 Å². The van der Waals surface area contributed by atoms with Crippen molar-refractivity contribution in [3.63, 3.8) is 0 Å². The number of carbonyl (C=O) groups is 3. The fourth-order valence-electron chi connectivity index (χ4n) is 4.88. The minimum absolute atomic E-state index is 0.0148. The topological polar surface area (TPSA) is 151 Å². The summed E-state index contributed by atoms with van der Waals surface area (Å²) in [5.74, 6) is -3.23. The van der Waals surface area contributed by atoms with E-state index >= 15 is 0 Å². The van der Waals surface area contributed by atoms with Crippen LogP contribution in [0, 0.1) is 5.92 Å². The lowest BCUT2D eigenvalue weighted by Gasteiger charge is -2.36. The molecule has 0 amide bonds. The lowest BCUT2D eigenvalue weighted by molar-refractivity contribution is -0.118. The summed E-state index contributed by atoms with van der Waals surface area (Å²) in [5, 5.41) is 11.5. The molecular formula is C28H22ClNO10. The van der Waals surface area contributed by atoms with Gasteiger partial charge in [-0.15, -0.1) is 0 Å². The zero-order valence-electron chi connectivity index (χ0n) is 21.7. The van der Waals surface area contributed by atoms with Gasteiger partial charge in [-0.1, -0.05) is 18.5 Å². The number of fused-ring (bicyclic) bond motifs is 2. The second-order valence-corrected chi connectivity index (χ2v) is 9.54. The highest BCUT2D eigenvalue weighted by atomic mass is 35.5. The smallest absolute Gasteiger partial charge is 0.374 e. The largest absolute Gasteiger partial charge is 0.507 e. The first-order chi connectivity index (χ1) is 19.1. The average Bonchev–Trinajstić information content (AvgIpc) is 3.26.